The zero-order chi connectivity index (χ0) is 24.9. The summed E-state index contributed by atoms with van der Waals surface area (Å²) in [6, 6.07) is 11.4. The number of halogens is 2. The molecular formula is C24H26ClFN6O3. The van der Waals surface area contributed by atoms with Crippen molar-refractivity contribution in [3.8, 4) is 0 Å². The Hall–Kier alpha value is -3.50. The molecule has 1 aromatic heterocycles. The molecule has 3 amide bonds. The number of hydrogen-bond donors (Lipinski definition) is 3. The molecule has 2 aromatic carbocycles. The van der Waals surface area contributed by atoms with Crippen LogP contribution in [0, 0.1) is 5.82 Å². The maximum absolute atomic E-state index is 14.2. The van der Waals surface area contributed by atoms with Gasteiger partial charge in [0, 0.05) is 30.1 Å². The van der Waals surface area contributed by atoms with Crippen molar-refractivity contribution in [1.29, 1.82) is 0 Å². The van der Waals surface area contributed by atoms with Gasteiger partial charge in [-0.05, 0) is 31.5 Å². The maximum Gasteiger partial charge on any atom is 0.269 e. The molecule has 2 heterocycles. The molecule has 0 saturated carbocycles. The van der Waals surface area contributed by atoms with E-state index in [0.29, 0.717) is 17.4 Å². The van der Waals surface area contributed by atoms with Gasteiger partial charge >= 0.3 is 0 Å². The summed E-state index contributed by atoms with van der Waals surface area (Å²) in [6.45, 7) is 0.969. The van der Waals surface area contributed by atoms with E-state index in [1.54, 1.807) is 30.3 Å². The van der Waals surface area contributed by atoms with Gasteiger partial charge in [-0.25, -0.2) is 4.39 Å². The number of nitrogens with zero attached hydrogens (tertiary/aromatic N) is 3. The van der Waals surface area contributed by atoms with Crippen LogP contribution in [-0.2, 0) is 22.7 Å². The van der Waals surface area contributed by atoms with E-state index < -0.39 is 17.6 Å². The Labute approximate surface area is 206 Å². The average molecular weight is 501 g/mol. The Balaban J connectivity index is 1.51. The van der Waals surface area contributed by atoms with Gasteiger partial charge in [-0.2, -0.15) is 5.10 Å². The summed E-state index contributed by atoms with van der Waals surface area (Å²) in [5.74, 6) is -2.03. The third-order valence-corrected chi connectivity index (χ3v) is 6.32. The van der Waals surface area contributed by atoms with Crippen LogP contribution in [0.5, 0.6) is 0 Å². The number of benzene rings is 2. The maximum atomic E-state index is 14.2. The lowest BCUT2D eigenvalue weighted by Crippen LogP contribution is -2.52. The van der Waals surface area contributed by atoms with Crippen LogP contribution in [-0.4, -0.2) is 58.1 Å². The zero-order valence-electron chi connectivity index (χ0n) is 19.0. The SMILES string of the molecule is NC(=O)c1nn(CC(=O)N(CC(=O)NCc2cccc(Cl)c2F)C2CCCNC2)c2ccccc12. The number of aromatic nitrogens is 2. The van der Waals surface area contributed by atoms with Gasteiger partial charge in [0.25, 0.3) is 5.91 Å². The van der Waals surface area contributed by atoms with Gasteiger partial charge in [-0.1, -0.05) is 41.9 Å². The Kier molecular flexibility index (Phi) is 7.62. The Morgan fingerprint density at radius 1 is 1.23 bits per heavy atom. The number of carbonyl (C=O) groups is 3. The quantitative estimate of drug-likeness (QED) is 0.435. The van der Waals surface area contributed by atoms with Crippen LogP contribution < -0.4 is 16.4 Å². The van der Waals surface area contributed by atoms with Crippen molar-refractivity contribution in [3.05, 3.63) is 64.6 Å². The number of rotatable bonds is 8. The molecule has 184 valence electrons. The lowest BCUT2D eigenvalue weighted by atomic mass is 10.1. The van der Waals surface area contributed by atoms with Gasteiger partial charge in [-0.15, -0.1) is 0 Å². The van der Waals surface area contributed by atoms with E-state index in [0.717, 1.165) is 19.4 Å². The molecule has 1 fully saturated rings. The minimum atomic E-state index is -0.687. The molecule has 1 unspecified atom stereocenters. The standard InChI is InChI=1S/C24H26ClFN6O3/c25-18-8-3-5-15(22(18)26)11-29-20(33)13-31(16-6-4-10-28-12-16)21(34)14-32-19-9-2-1-7-17(19)23(30-32)24(27)35/h1-3,5,7-9,16,28H,4,6,10-14H2,(H2,27,35)(H,29,33). The Morgan fingerprint density at radius 2 is 2.03 bits per heavy atom. The predicted molar refractivity (Wildman–Crippen MR) is 129 cm³/mol. The molecule has 1 aliphatic rings. The van der Waals surface area contributed by atoms with Crippen molar-refractivity contribution >= 4 is 40.2 Å². The van der Waals surface area contributed by atoms with E-state index in [2.05, 4.69) is 15.7 Å². The number of amides is 3. The van der Waals surface area contributed by atoms with Crippen molar-refractivity contribution in [1.82, 2.24) is 25.3 Å². The number of para-hydroxylation sites is 1. The van der Waals surface area contributed by atoms with Crippen LogP contribution in [0.15, 0.2) is 42.5 Å². The second-order valence-electron chi connectivity index (χ2n) is 8.40. The van der Waals surface area contributed by atoms with E-state index in [-0.39, 0.29) is 47.9 Å². The van der Waals surface area contributed by atoms with Crippen molar-refractivity contribution in [2.24, 2.45) is 5.73 Å². The topological polar surface area (TPSA) is 122 Å². The summed E-state index contributed by atoms with van der Waals surface area (Å²) in [5.41, 5.74) is 6.39. The second-order valence-corrected chi connectivity index (χ2v) is 8.81. The first-order valence-corrected chi connectivity index (χ1v) is 11.7. The first kappa shape index (κ1) is 24.6. The second kappa shape index (κ2) is 10.8. The summed E-state index contributed by atoms with van der Waals surface area (Å²) in [5, 5.41) is 10.7. The first-order valence-electron chi connectivity index (χ1n) is 11.3. The molecule has 0 bridgehead atoms. The number of fused-ring (bicyclic) bond motifs is 1. The Bertz CT molecular complexity index is 1260. The molecule has 0 spiro atoms. The van der Waals surface area contributed by atoms with E-state index in [1.165, 1.54) is 21.7 Å². The van der Waals surface area contributed by atoms with Gasteiger partial charge in [0.15, 0.2) is 5.69 Å². The number of primary amides is 1. The summed E-state index contributed by atoms with van der Waals surface area (Å²) in [6.07, 6.45) is 1.60. The summed E-state index contributed by atoms with van der Waals surface area (Å²) in [4.78, 5) is 39.5. The number of piperidine rings is 1. The molecule has 1 aliphatic heterocycles. The third-order valence-electron chi connectivity index (χ3n) is 6.03. The van der Waals surface area contributed by atoms with Crippen molar-refractivity contribution in [3.63, 3.8) is 0 Å². The van der Waals surface area contributed by atoms with Gasteiger partial charge in [0.1, 0.15) is 12.4 Å². The largest absolute Gasteiger partial charge is 0.364 e. The van der Waals surface area contributed by atoms with Crippen LogP contribution in [0.1, 0.15) is 28.9 Å². The fourth-order valence-corrected chi connectivity index (χ4v) is 4.45. The van der Waals surface area contributed by atoms with Crippen LogP contribution in [0.2, 0.25) is 5.02 Å². The zero-order valence-corrected chi connectivity index (χ0v) is 19.7. The normalized spacial score (nSPS) is 15.7. The van der Waals surface area contributed by atoms with Crippen molar-refractivity contribution in [2.45, 2.75) is 32.0 Å². The summed E-state index contributed by atoms with van der Waals surface area (Å²) < 4.78 is 15.6. The molecule has 35 heavy (non-hydrogen) atoms. The first-order chi connectivity index (χ1) is 16.8. The van der Waals surface area contributed by atoms with Crippen molar-refractivity contribution in [2.75, 3.05) is 19.6 Å². The number of carbonyl (C=O) groups excluding carboxylic acids is 3. The highest BCUT2D eigenvalue weighted by atomic mass is 35.5. The molecule has 1 saturated heterocycles. The van der Waals surface area contributed by atoms with Gasteiger partial charge in [0.2, 0.25) is 11.8 Å². The molecular weight excluding hydrogens is 475 g/mol. The predicted octanol–water partition coefficient (Wildman–Crippen LogP) is 1.82. The molecule has 4 rings (SSSR count). The molecule has 11 heteroatoms. The van der Waals surface area contributed by atoms with Crippen LogP contribution in [0.25, 0.3) is 10.9 Å². The summed E-state index contributed by atoms with van der Waals surface area (Å²) >= 11 is 5.81. The fourth-order valence-electron chi connectivity index (χ4n) is 4.26. The number of nitrogens with two attached hydrogens (primary N) is 1. The highest BCUT2D eigenvalue weighted by molar-refractivity contribution is 6.30. The van der Waals surface area contributed by atoms with Gasteiger partial charge < -0.3 is 21.3 Å². The Morgan fingerprint density at radius 3 is 2.77 bits per heavy atom. The molecule has 3 aromatic rings. The molecule has 0 aliphatic carbocycles. The third kappa shape index (κ3) is 5.60. The van der Waals surface area contributed by atoms with E-state index in [4.69, 9.17) is 17.3 Å². The summed E-state index contributed by atoms with van der Waals surface area (Å²) in [7, 11) is 0. The monoisotopic (exact) mass is 500 g/mol. The van der Waals surface area contributed by atoms with Crippen molar-refractivity contribution < 1.29 is 18.8 Å². The number of hydrogen-bond acceptors (Lipinski definition) is 5. The smallest absolute Gasteiger partial charge is 0.269 e. The van der Waals surface area contributed by atoms with Gasteiger partial charge in [-0.3, -0.25) is 19.1 Å². The van der Waals surface area contributed by atoms with Crippen LogP contribution >= 0.6 is 11.6 Å². The highest BCUT2D eigenvalue weighted by Gasteiger charge is 2.28. The van der Waals surface area contributed by atoms with Crippen LogP contribution in [0.3, 0.4) is 0 Å². The average Bonchev–Trinajstić information content (AvgIpc) is 3.22. The van der Waals surface area contributed by atoms with Gasteiger partial charge in [0.05, 0.1) is 17.1 Å². The minimum absolute atomic E-state index is 0.0244. The molecule has 0 radical (unpaired) electrons. The lowest BCUT2D eigenvalue weighted by Gasteiger charge is -2.34. The van der Waals surface area contributed by atoms with E-state index in [9.17, 15) is 18.8 Å². The number of nitrogens with one attached hydrogen (secondary N) is 2. The van der Waals surface area contributed by atoms with E-state index >= 15 is 0 Å². The van der Waals surface area contributed by atoms with Crippen LogP contribution in [0.4, 0.5) is 4.39 Å². The highest BCUT2D eigenvalue weighted by Crippen LogP contribution is 2.20. The molecule has 4 N–H and O–H groups in total. The fraction of sp³-hybridized carbons (Fsp3) is 0.333. The van der Waals surface area contributed by atoms with E-state index in [1.807, 2.05) is 0 Å². The minimum Gasteiger partial charge on any atom is -0.364 e. The molecule has 9 nitrogen and oxygen atoms in total. The molecule has 1 atom stereocenters. The lowest BCUT2D eigenvalue weighted by molar-refractivity contribution is -0.139.